The number of nitrogens with zero attached hydrogens (tertiary/aromatic N) is 6. The van der Waals surface area contributed by atoms with Gasteiger partial charge in [0.05, 0.1) is 11.1 Å². The van der Waals surface area contributed by atoms with E-state index in [1.54, 1.807) is 11.0 Å². The van der Waals surface area contributed by atoms with Crippen LogP contribution in [0.4, 0.5) is 14.6 Å². The molecule has 5 heterocycles. The lowest BCUT2D eigenvalue weighted by atomic mass is 10.1. The van der Waals surface area contributed by atoms with Gasteiger partial charge in [0.15, 0.2) is 11.5 Å². The first-order chi connectivity index (χ1) is 20.2. The third-order valence-corrected chi connectivity index (χ3v) is 8.13. The molecule has 2 aliphatic heterocycles. The molecule has 12 heteroatoms. The van der Waals surface area contributed by atoms with E-state index >= 15 is 4.39 Å². The van der Waals surface area contributed by atoms with Gasteiger partial charge in [-0.25, -0.2) is 13.8 Å². The maximum Gasteiger partial charge on any atom is 0.320 e. The van der Waals surface area contributed by atoms with Crippen molar-refractivity contribution in [1.29, 1.82) is 0 Å². The number of H-pyrrole nitrogens is 1. The summed E-state index contributed by atoms with van der Waals surface area (Å²) in [6, 6.07) is 6.95. The van der Waals surface area contributed by atoms with Crippen LogP contribution in [-0.2, 0) is 4.79 Å². The summed E-state index contributed by atoms with van der Waals surface area (Å²) in [6.07, 6.45) is 3.35. The zero-order chi connectivity index (χ0) is 29.5. The van der Waals surface area contributed by atoms with Crippen LogP contribution in [-0.4, -0.2) is 87.6 Å². The third-order valence-electron chi connectivity index (χ3n) is 8.13. The van der Waals surface area contributed by atoms with E-state index in [4.69, 9.17) is 9.72 Å². The number of likely N-dealkylation sites (tertiary alicyclic amines) is 1. The molecule has 10 nitrogen and oxygen atoms in total. The number of anilines is 1. The second kappa shape index (κ2) is 11.1. The van der Waals surface area contributed by atoms with Crippen LogP contribution in [0.3, 0.4) is 0 Å². The molecule has 6 rings (SSSR count). The summed E-state index contributed by atoms with van der Waals surface area (Å²) >= 11 is 0. The number of hydrogen-bond acceptors (Lipinski definition) is 8. The Morgan fingerprint density at radius 3 is 2.74 bits per heavy atom. The first kappa shape index (κ1) is 27.7. The van der Waals surface area contributed by atoms with Crippen molar-refractivity contribution >= 4 is 33.5 Å². The quantitative estimate of drug-likeness (QED) is 0.348. The fraction of sp³-hybridized carbons (Fsp3) is 0.367. The summed E-state index contributed by atoms with van der Waals surface area (Å²) in [5, 5.41) is 0.707. The van der Waals surface area contributed by atoms with Crippen molar-refractivity contribution < 1.29 is 18.3 Å². The van der Waals surface area contributed by atoms with Crippen molar-refractivity contribution in [2.75, 3.05) is 44.7 Å². The Morgan fingerprint density at radius 1 is 1.17 bits per heavy atom. The van der Waals surface area contributed by atoms with Crippen LogP contribution in [0.25, 0.3) is 33.2 Å². The molecule has 2 aliphatic rings. The Labute approximate surface area is 240 Å². The smallest absolute Gasteiger partial charge is 0.320 e. The van der Waals surface area contributed by atoms with Gasteiger partial charge in [-0.1, -0.05) is 18.7 Å². The molecule has 0 unspecified atom stereocenters. The summed E-state index contributed by atoms with van der Waals surface area (Å²) in [7, 11) is 2.04. The number of fused-ring (bicyclic) bond motifs is 2. The van der Waals surface area contributed by atoms with Gasteiger partial charge in [0.2, 0.25) is 11.5 Å². The number of amides is 1. The Bertz CT molecular complexity index is 1760. The number of rotatable bonds is 6. The second-order valence-corrected chi connectivity index (χ2v) is 10.9. The van der Waals surface area contributed by atoms with Gasteiger partial charge in [-0.15, -0.1) is 0 Å². The van der Waals surface area contributed by atoms with Gasteiger partial charge >= 0.3 is 6.01 Å². The molecule has 1 aromatic carbocycles. The molecule has 0 spiro atoms. The average Bonchev–Trinajstić information content (AvgIpc) is 3.39. The number of nitrogens with one attached hydrogen (secondary N) is 1. The highest BCUT2D eigenvalue weighted by Gasteiger charge is 2.30. The Morgan fingerprint density at radius 2 is 2.00 bits per heavy atom. The lowest BCUT2D eigenvalue weighted by Crippen LogP contribution is -2.53. The maximum atomic E-state index is 15.9. The molecule has 0 bridgehead atoms. The van der Waals surface area contributed by atoms with Crippen molar-refractivity contribution in [1.82, 2.24) is 29.7 Å². The summed E-state index contributed by atoms with van der Waals surface area (Å²) < 4.78 is 36.9. The summed E-state index contributed by atoms with van der Waals surface area (Å²) in [4.78, 5) is 46.9. The molecule has 0 aliphatic carbocycles. The standard InChI is InChI=1S/C30H31F2N7O3/c1-4-24(41)38-11-12-39(17(2)15-38)29-20-14-22(32)26(27-25-18(13-23(40)33-27)7-5-9-21(25)31)34-28(20)35-30(36-29)42-16-19-8-6-10-37(19)3/h4-5,7,9,13-14,17,19H,1,6,8,10-12,15-16H2,2-3H3,(H,33,40)/t17-,19-/m0/s1. The van der Waals surface area contributed by atoms with Gasteiger partial charge in [0.25, 0.3) is 0 Å². The molecular weight excluding hydrogens is 544 g/mol. The molecule has 0 radical (unpaired) electrons. The highest BCUT2D eigenvalue weighted by molar-refractivity contribution is 5.96. The highest BCUT2D eigenvalue weighted by Crippen LogP contribution is 2.34. The number of carbonyl (C=O) groups excluding carboxylic acids is 1. The number of aromatic amines is 1. The number of ether oxygens (including phenoxy) is 1. The maximum absolute atomic E-state index is 15.9. The monoisotopic (exact) mass is 575 g/mol. The number of pyridine rings is 2. The fourth-order valence-corrected chi connectivity index (χ4v) is 5.88. The fourth-order valence-electron chi connectivity index (χ4n) is 5.88. The zero-order valence-electron chi connectivity index (χ0n) is 23.4. The van der Waals surface area contributed by atoms with E-state index in [1.807, 2.05) is 18.9 Å². The van der Waals surface area contributed by atoms with Crippen LogP contribution >= 0.6 is 0 Å². The first-order valence-electron chi connectivity index (χ1n) is 13.9. The van der Waals surface area contributed by atoms with Gasteiger partial charge in [0, 0.05) is 43.2 Å². The summed E-state index contributed by atoms with van der Waals surface area (Å²) in [6.45, 7) is 8.16. The minimum absolute atomic E-state index is 0.0505. The van der Waals surface area contributed by atoms with Gasteiger partial charge in [-0.2, -0.15) is 9.97 Å². The third kappa shape index (κ3) is 5.06. The van der Waals surface area contributed by atoms with Gasteiger partial charge in [-0.05, 0) is 57.0 Å². The molecule has 2 atom stereocenters. The minimum Gasteiger partial charge on any atom is -0.462 e. The first-order valence-corrected chi connectivity index (χ1v) is 13.9. The second-order valence-electron chi connectivity index (χ2n) is 10.9. The number of likely N-dealkylation sites (N-methyl/N-ethyl adjacent to an activating group) is 1. The number of piperazine rings is 1. The predicted octanol–water partition coefficient (Wildman–Crippen LogP) is 3.51. The van der Waals surface area contributed by atoms with Gasteiger partial charge < -0.3 is 24.4 Å². The van der Waals surface area contributed by atoms with Crippen molar-refractivity contribution in [3.63, 3.8) is 0 Å². The van der Waals surface area contributed by atoms with Crippen LogP contribution in [0.1, 0.15) is 19.8 Å². The van der Waals surface area contributed by atoms with Crippen molar-refractivity contribution in [3.8, 4) is 17.4 Å². The molecular formula is C30H31F2N7O3. The lowest BCUT2D eigenvalue weighted by molar-refractivity contribution is -0.126. The van der Waals surface area contributed by atoms with Crippen molar-refractivity contribution in [2.24, 2.45) is 0 Å². The number of aromatic nitrogens is 4. The molecule has 1 N–H and O–H groups in total. The van der Waals surface area contributed by atoms with Crippen molar-refractivity contribution in [2.45, 2.75) is 31.8 Å². The number of hydrogen-bond donors (Lipinski definition) is 1. The van der Waals surface area contributed by atoms with E-state index in [9.17, 15) is 14.0 Å². The summed E-state index contributed by atoms with van der Waals surface area (Å²) in [5.74, 6) is -1.13. The zero-order valence-corrected chi connectivity index (χ0v) is 23.4. The molecule has 2 fully saturated rings. The topological polar surface area (TPSA) is 108 Å². The molecule has 3 aromatic heterocycles. The summed E-state index contributed by atoms with van der Waals surface area (Å²) in [5.41, 5.74) is -0.693. The lowest BCUT2D eigenvalue weighted by Gasteiger charge is -2.40. The molecule has 4 aromatic rings. The number of carbonyl (C=O) groups is 1. The van der Waals surface area contributed by atoms with E-state index in [0.29, 0.717) is 42.8 Å². The van der Waals surface area contributed by atoms with E-state index < -0.39 is 17.2 Å². The SMILES string of the molecule is C=CC(=O)N1CCN(c2nc(OC[C@@H]3CCCN3C)nc3nc(-c4[nH]c(=O)cc5cccc(F)c45)c(F)cc23)[C@@H](C)C1. The van der Waals surface area contributed by atoms with Gasteiger partial charge in [0.1, 0.15) is 23.9 Å². The van der Waals surface area contributed by atoms with Gasteiger partial charge in [-0.3, -0.25) is 9.59 Å². The van der Waals surface area contributed by atoms with Crippen LogP contribution in [0.15, 0.2) is 47.8 Å². The van der Waals surface area contributed by atoms with Crippen LogP contribution in [0, 0.1) is 11.6 Å². The van der Waals surface area contributed by atoms with Crippen molar-refractivity contribution in [3.05, 3.63) is 65.0 Å². The largest absolute Gasteiger partial charge is 0.462 e. The number of halogens is 2. The Kier molecular flexibility index (Phi) is 7.31. The van der Waals surface area contributed by atoms with Crippen LogP contribution < -0.4 is 15.2 Å². The average molecular weight is 576 g/mol. The minimum atomic E-state index is -0.770. The van der Waals surface area contributed by atoms with Crippen LogP contribution in [0.5, 0.6) is 6.01 Å². The van der Waals surface area contributed by atoms with E-state index in [-0.39, 0.29) is 46.4 Å². The Hall–Kier alpha value is -4.45. The molecule has 0 saturated carbocycles. The predicted molar refractivity (Wildman–Crippen MR) is 156 cm³/mol. The van der Waals surface area contributed by atoms with E-state index in [2.05, 4.69) is 26.4 Å². The van der Waals surface area contributed by atoms with Crippen LogP contribution in [0.2, 0.25) is 0 Å². The molecule has 218 valence electrons. The van der Waals surface area contributed by atoms with E-state index in [0.717, 1.165) is 19.4 Å². The van der Waals surface area contributed by atoms with E-state index in [1.165, 1.54) is 30.3 Å². The molecule has 42 heavy (non-hydrogen) atoms. The number of benzene rings is 1. The Balaban J connectivity index is 1.48. The molecule has 1 amide bonds. The normalized spacial score (nSPS) is 19.5. The highest BCUT2D eigenvalue weighted by atomic mass is 19.1. The molecule has 2 saturated heterocycles.